The third kappa shape index (κ3) is 3.07. The molecule has 128 valence electrons. The van der Waals surface area contributed by atoms with Crippen LogP contribution in [0.5, 0.6) is 0 Å². The van der Waals surface area contributed by atoms with E-state index in [2.05, 4.69) is 5.32 Å². The average Bonchev–Trinajstić information content (AvgIpc) is 2.82. The number of hydrogen-bond donors (Lipinski definition) is 1. The molecule has 4 heteroatoms. The molecule has 1 N–H and O–H groups in total. The van der Waals surface area contributed by atoms with Crippen LogP contribution in [0, 0.1) is 13.8 Å². The van der Waals surface area contributed by atoms with Crippen LogP contribution < -0.4 is 5.32 Å². The summed E-state index contributed by atoms with van der Waals surface area (Å²) in [4.78, 5) is 27.1. The highest BCUT2D eigenvalue weighted by Gasteiger charge is 2.40. The Morgan fingerprint density at radius 3 is 2.16 bits per heavy atom. The van der Waals surface area contributed by atoms with E-state index in [0.717, 1.165) is 16.8 Å². The molecule has 0 fully saturated rings. The minimum absolute atomic E-state index is 0.197. The number of anilines is 1. The van der Waals surface area contributed by atoms with Crippen LogP contribution in [0.25, 0.3) is 5.57 Å². The lowest BCUT2D eigenvalue weighted by molar-refractivity contribution is -0.138. The minimum Gasteiger partial charge on any atom is -0.350 e. The topological polar surface area (TPSA) is 49.4 Å². The molecule has 2 amide bonds. The summed E-state index contributed by atoms with van der Waals surface area (Å²) in [5, 5.41) is 3.19. The molecule has 0 aliphatic carbocycles. The quantitative estimate of drug-likeness (QED) is 0.863. The lowest BCUT2D eigenvalue weighted by Crippen LogP contribution is -2.38. The maximum atomic E-state index is 12.9. The third-order valence-corrected chi connectivity index (χ3v) is 4.47. The van der Waals surface area contributed by atoms with Gasteiger partial charge in [0.25, 0.3) is 11.8 Å². The van der Waals surface area contributed by atoms with Gasteiger partial charge in [-0.25, -0.2) is 0 Å². The predicted molar refractivity (Wildman–Crippen MR) is 99.9 cm³/mol. The lowest BCUT2D eigenvalue weighted by Gasteiger charge is -2.19. The molecule has 1 aliphatic rings. The van der Waals surface area contributed by atoms with Gasteiger partial charge in [0.2, 0.25) is 0 Å². The monoisotopic (exact) mass is 334 g/mol. The zero-order valence-corrected chi connectivity index (χ0v) is 15.0. The van der Waals surface area contributed by atoms with Crippen molar-refractivity contribution in [1.29, 1.82) is 0 Å². The molecule has 0 aromatic heterocycles. The van der Waals surface area contributed by atoms with Gasteiger partial charge in [-0.1, -0.05) is 36.4 Å². The van der Waals surface area contributed by atoms with Crippen LogP contribution >= 0.6 is 0 Å². The Bertz CT molecular complexity index is 867. The van der Waals surface area contributed by atoms with Gasteiger partial charge in [0.1, 0.15) is 5.70 Å². The van der Waals surface area contributed by atoms with Gasteiger partial charge in [-0.2, -0.15) is 0 Å². The highest BCUT2D eigenvalue weighted by Crippen LogP contribution is 2.31. The van der Waals surface area contributed by atoms with E-state index in [9.17, 15) is 9.59 Å². The van der Waals surface area contributed by atoms with Crippen molar-refractivity contribution in [2.24, 2.45) is 0 Å². The van der Waals surface area contributed by atoms with Crippen LogP contribution in [0.1, 0.15) is 30.5 Å². The molecule has 0 saturated carbocycles. The number of nitrogens with one attached hydrogen (secondary N) is 1. The number of rotatable bonds is 4. The third-order valence-electron chi connectivity index (χ3n) is 4.47. The maximum Gasteiger partial charge on any atom is 0.278 e. The average molecular weight is 334 g/mol. The maximum absolute atomic E-state index is 12.9. The number of hydrogen-bond acceptors (Lipinski definition) is 3. The second kappa shape index (κ2) is 6.55. The molecule has 0 saturated heterocycles. The summed E-state index contributed by atoms with van der Waals surface area (Å²) in [6.45, 7) is 7.75. The first-order chi connectivity index (χ1) is 11.9. The SMILES string of the molecule is Cc1ccc(NC2=C(c3ccccc3)C(=O)N(C(C)C)C2=O)cc1C. The van der Waals surface area contributed by atoms with Crippen molar-refractivity contribution in [2.45, 2.75) is 33.7 Å². The van der Waals surface area contributed by atoms with E-state index in [4.69, 9.17) is 0 Å². The second-order valence-electron chi connectivity index (χ2n) is 6.61. The Hall–Kier alpha value is -2.88. The highest BCUT2D eigenvalue weighted by molar-refractivity contribution is 6.36. The Labute approximate surface area is 148 Å². The number of imide groups is 1. The van der Waals surface area contributed by atoms with Gasteiger partial charge < -0.3 is 5.32 Å². The van der Waals surface area contributed by atoms with E-state index in [-0.39, 0.29) is 17.9 Å². The van der Waals surface area contributed by atoms with E-state index in [1.165, 1.54) is 10.5 Å². The Morgan fingerprint density at radius 1 is 0.880 bits per heavy atom. The van der Waals surface area contributed by atoms with Crippen molar-refractivity contribution in [3.63, 3.8) is 0 Å². The molecule has 2 aromatic carbocycles. The molecule has 2 aromatic rings. The molecule has 0 bridgehead atoms. The lowest BCUT2D eigenvalue weighted by atomic mass is 10.0. The second-order valence-corrected chi connectivity index (χ2v) is 6.61. The number of aryl methyl sites for hydroxylation is 2. The van der Waals surface area contributed by atoms with E-state index in [1.807, 2.05) is 76.2 Å². The van der Waals surface area contributed by atoms with Gasteiger partial charge in [0.15, 0.2) is 0 Å². The highest BCUT2D eigenvalue weighted by atomic mass is 16.2. The normalized spacial score (nSPS) is 14.7. The molecular formula is C21H22N2O2. The van der Waals surface area contributed by atoms with E-state index in [1.54, 1.807) is 0 Å². The summed E-state index contributed by atoms with van der Waals surface area (Å²) in [5.41, 5.74) is 4.63. The fraction of sp³-hybridized carbons (Fsp3) is 0.238. The predicted octanol–water partition coefficient (Wildman–Crippen LogP) is 3.90. The van der Waals surface area contributed by atoms with Crippen molar-refractivity contribution in [3.8, 4) is 0 Å². The first kappa shape index (κ1) is 17.0. The fourth-order valence-electron chi connectivity index (χ4n) is 2.97. The number of amides is 2. The standard InChI is InChI=1S/C21H22N2O2/c1-13(2)23-20(24)18(16-8-6-5-7-9-16)19(21(23)25)22-17-11-10-14(3)15(4)12-17/h5-13,22H,1-4H3. The van der Waals surface area contributed by atoms with E-state index >= 15 is 0 Å². The Morgan fingerprint density at radius 2 is 1.56 bits per heavy atom. The minimum atomic E-state index is -0.280. The van der Waals surface area contributed by atoms with E-state index in [0.29, 0.717) is 11.3 Å². The molecule has 0 spiro atoms. The van der Waals surface area contributed by atoms with Gasteiger partial charge in [-0.15, -0.1) is 0 Å². The number of benzene rings is 2. The van der Waals surface area contributed by atoms with Crippen LogP contribution in [0.3, 0.4) is 0 Å². The van der Waals surface area contributed by atoms with E-state index < -0.39 is 0 Å². The summed E-state index contributed by atoms with van der Waals surface area (Å²) in [7, 11) is 0. The molecule has 0 atom stereocenters. The smallest absolute Gasteiger partial charge is 0.278 e. The Balaban J connectivity index is 2.09. The summed E-state index contributed by atoms with van der Waals surface area (Å²) in [6, 6.07) is 15.0. The molecular weight excluding hydrogens is 312 g/mol. The molecule has 0 radical (unpaired) electrons. The van der Waals surface area contributed by atoms with Crippen LogP contribution in [-0.2, 0) is 9.59 Å². The molecule has 4 nitrogen and oxygen atoms in total. The van der Waals surface area contributed by atoms with Gasteiger partial charge in [-0.3, -0.25) is 14.5 Å². The van der Waals surface area contributed by atoms with Crippen LogP contribution in [0.4, 0.5) is 5.69 Å². The van der Waals surface area contributed by atoms with Crippen molar-refractivity contribution < 1.29 is 9.59 Å². The number of carbonyl (C=O) groups excluding carboxylic acids is 2. The largest absolute Gasteiger partial charge is 0.350 e. The molecule has 3 rings (SSSR count). The molecule has 0 unspecified atom stereocenters. The van der Waals surface area contributed by atoms with Gasteiger partial charge in [0, 0.05) is 11.7 Å². The number of carbonyl (C=O) groups is 2. The fourth-order valence-corrected chi connectivity index (χ4v) is 2.97. The number of nitrogens with zero attached hydrogens (tertiary/aromatic N) is 1. The molecule has 1 heterocycles. The van der Waals surface area contributed by atoms with Gasteiger partial charge >= 0.3 is 0 Å². The molecule has 1 aliphatic heterocycles. The first-order valence-corrected chi connectivity index (χ1v) is 8.42. The van der Waals surface area contributed by atoms with Crippen LogP contribution in [-0.4, -0.2) is 22.8 Å². The summed E-state index contributed by atoms with van der Waals surface area (Å²) in [5.74, 6) is -0.533. The molecule has 25 heavy (non-hydrogen) atoms. The summed E-state index contributed by atoms with van der Waals surface area (Å²) >= 11 is 0. The summed E-state index contributed by atoms with van der Waals surface area (Å²) < 4.78 is 0. The van der Waals surface area contributed by atoms with Crippen molar-refractivity contribution in [1.82, 2.24) is 4.90 Å². The van der Waals surface area contributed by atoms with Crippen molar-refractivity contribution in [2.75, 3.05) is 5.32 Å². The van der Waals surface area contributed by atoms with Crippen LogP contribution in [0.15, 0.2) is 54.2 Å². The van der Waals surface area contributed by atoms with Crippen LogP contribution in [0.2, 0.25) is 0 Å². The zero-order valence-electron chi connectivity index (χ0n) is 15.0. The van der Waals surface area contributed by atoms with Crippen molar-refractivity contribution in [3.05, 3.63) is 70.9 Å². The summed E-state index contributed by atoms with van der Waals surface area (Å²) in [6.07, 6.45) is 0. The first-order valence-electron chi connectivity index (χ1n) is 8.42. The van der Waals surface area contributed by atoms with Gasteiger partial charge in [0.05, 0.1) is 5.57 Å². The van der Waals surface area contributed by atoms with Gasteiger partial charge in [-0.05, 0) is 56.5 Å². The Kier molecular flexibility index (Phi) is 4.45. The van der Waals surface area contributed by atoms with Crippen molar-refractivity contribution >= 4 is 23.1 Å². The zero-order chi connectivity index (χ0) is 18.1.